The Morgan fingerprint density at radius 3 is 2.33 bits per heavy atom. The third-order valence-electron chi connectivity index (χ3n) is 5.47. The van der Waals surface area contributed by atoms with Gasteiger partial charge in [0.15, 0.2) is 0 Å². The Balaban J connectivity index is 2.03. The number of carbonyl (C=O) groups excluding carboxylic acids is 1. The summed E-state index contributed by atoms with van der Waals surface area (Å²) in [5.74, 6) is -0.245. The van der Waals surface area contributed by atoms with Gasteiger partial charge in [0.2, 0.25) is 10.0 Å². The fourth-order valence-electron chi connectivity index (χ4n) is 3.82. The van der Waals surface area contributed by atoms with Crippen molar-refractivity contribution in [3.8, 4) is 0 Å². The average molecular weight is 449 g/mol. The minimum absolute atomic E-state index is 0.00147. The third kappa shape index (κ3) is 4.56. The number of amides is 1. The maximum atomic E-state index is 13.5. The summed E-state index contributed by atoms with van der Waals surface area (Å²) in [4.78, 5) is 15.2. The van der Waals surface area contributed by atoms with Crippen LogP contribution in [-0.4, -0.2) is 37.8 Å². The topological polar surface area (TPSA) is 57.7 Å². The van der Waals surface area contributed by atoms with E-state index in [0.717, 1.165) is 36.1 Å². The van der Waals surface area contributed by atoms with E-state index in [4.69, 9.17) is 11.6 Å². The van der Waals surface area contributed by atoms with Gasteiger partial charge in [-0.05, 0) is 75.9 Å². The fraction of sp³-hybridized carbons (Fsp3) is 0.435. The van der Waals surface area contributed by atoms with Crippen LogP contribution in [0.5, 0.6) is 0 Å². The molecule has 5 nitrogen and oxygen atoms in total. The van der Waals surface area contributed by atoms with Gasteiger partial charge in [0.25, 0.3) is 5.91 Å². The fourth-order valence-corrected chi connectivity index (χ4v) is 5.84. The van der Waals surface area contributed by atoms with Crippen molar-refractivity contribution in [2.75, 3.05) is 18.0 Å². The summed E-state index contributed by atoms with van der Waals surface area (Å²) in [5.41, 5.74) is 3.17. The van der Waals surface area contributed by atoms with Crippen LogP contribution in [0.25, 0.3) is 0 Å². The van der Waals surface area contributed by atoms with Crippen LogP contribution in [-0.2, 0) is 10.0 Å². The summed E-state index contributed by atoms with van der Waals surface area (Å²) in [7, 11) is -3.74. The number of sulfonamides is 1. The van der Waals surface area contributed by atoms with Gasteiger partial charge in [0.1, 0.15) is 4.90 Å². The maximum Gasteiger partial charge on any atom is 0.258 e. The number of benzene rings is 2. The number of hydrogen-bond donors (Lipinski definition) is 0. The lowest BCUT2D eigenvalue weighted by Crippen LogP contribution is -2.38. The van der Waals surface area contributed by atoms with Crippen molar-refractivity contribution in [1.82, 2.24) is 4.31 Å². The molecule has 0 aliphatic carbocycles. The summed E-state index contributed by atoms with van der Waals surface area (Å²) in [6.07, 6.45) is 2.70. The van der Waals surface area contributed by atoms with Crippen LogP contribution in [0.15, 0.2) is 41.3 Å². The molecule has 1 amide bonds. The van der Waals surface area contributed by atoms with E-state index >= 15 is 0 Å². The Morgan fingerprint density at radius 1 is 1.03 bits per heavy atom. The average Bonchev–Trinajstić information content (AvgIpc) is 2.71. The van der Waals surface area contributed by atoms with Crippen molar-refractivity contribution < 1.29 is 13.2 Å². The quantitative estimate of drug-likeness (QED) is 0.632. The molecule has 1 fully saturated rings. The highest BCUT2D eigenvalue weighted by Crippen LogP contribution is 2.30. The minimum atomic E-state index is -3.74. The molecule has 0 N–H and O–H groups in total. The lowest BCUT2D eigenvalue weighted by atomic mass is 10.1. The summed E-state index contributed by atoms with van der Waals surface area (Å²) >= 11 is 6.28. The number of hydrogen-bond acceptors (Lipinski definition) is 3. The zero-order valence-corrected chi connectivity index (χ0v) is 19.6. The first-order chi connectivity index (χ1) is 14.1. The molecule has 162 valence electrons. The summed E-state index contributed by atoms with van der Waals surface area (Å²) < 4.78 is 27.8. The number of carbonyl (C=O) groups is 1. The molecule has 3 rings (SSSR count). The molecular formula is C23H29ClN2O3S. The molecule has 30 heavy (non-hydrogen) atoms. The van der Waals surface area contributed by atoms with Crippen LogP contribution in [0.3, 0.4) is 0 Å². The van der Waals surface area contributed by atoms with Crippen LogP contribution in [0, 0.1) is 13.8 Å². The van der Waals surface area contributed by atoms with Crippen LogP contribution < -0.4 is 4.90 Å². The molecule has 0 aromatic heterocycles. The second-order valence-electron chi connectivity index (χ2n) is 8.17. The number of halogens is 1. The normalized spacial score (nSPS) is 15.4. The van der Waals surface area contributed by atoms with Gasteiger partial charge in [-0.2, -0.15) is 4.31 Å². The first-order valence-electron chi connectivity index (χ1n) is 10.3. The minimum Gasteiger partial charge on any atom is -0.306 e. The number of nitrogens with zero attached hydrogens (tertiary/aromatic N) is 2. The second kappa shape index (κ2) is 9.08. The zero-order valence-electron chi connectivity index (χ0n) is 18.0. The first-order valence-corrected chi connectivity index (χ1v) is 12.1. The predicted molar refractivity (Wildman–Crippen MR) is 122 cm³/mol. The lowest BCUT2D eigenvalue weighted by molar-refractivity contribution is 0.0980. The summed E-state index contributed by atoms with van der Waals surface area (Å²) in [6, 6.07) is 10.4. The highest BCUT2D eigenvalue weighted by molar-refractivity contribution is 7.89. The molecule has 0 bridgehead atoms. The molecule has 0 atom stereocenters. The van der Waals surface area contributed by atoms with Gasteiger partial charge in [0.05, 0.1) is 5.02 Å². The molecule has 0 unspecified atom stereocenters. The highest BCUT2D eigenvalue weighted by atomic mass is 35.5. The van der Waals surface area contributed by atoms with E-state index in [2.05, 4.69) is 0 Å². The molecule has 1 aliphatic rings. The van der Waals surface area contributed by atoms with Crippen molar-refractivity contribution in [1.29, 1.82) is 0 Å². The Hall–Kier alpha value is -1.89. The van der Waals surface area contributed by atoms with E-state index in [1.165, 1.54) is 16.4 Å². The van der Waals surface area contributed by atoms with E-state index in [1.54, 1.807) is 11.0 Å². The van der Waals surface area contributed by atoms with Gasteiger partial charge in [-0.1, -0.05) is 30.2 Å². The van der Waals surface area contributed by atoms with Gasteiger partial charge < -0.3 is 4.90 Å². The molecule has 1 heterocycles. The van der Waals surface area contributed by atoms with Crippen molar-refractivity contribution in [3.05, 3.63) is 58.1 Å². The predicted octanol–water partition coefficient (Wildman–Crippen LogP) is 5.19. The van der Waals surface area contributed by atoms with Crippen molar-refractivity contribution >= 4 is 33.2 Å². The maximum absolute atomic E-state index is 13.5. The molecule has 7 heteroatoms. The largest absolute Gasteiger partial charge is 0.306 e. The molecule has 1 saturated heterocycles. The van der Waals surface area contributed by atoms with Crippen molar-refractivity contribution in [3.63, 3.8) is 0 Å². The SMILES string of the molecule is Cc1ccc(C)c(N(C(=O)c2ccc(Cl)c(S(=O)(=O)N3CCCCC3)c2)C(C)C)c1. The van der Waals surface area contributed by atoms with Crippen LogP contribution in [0.1, 0.15) is 54.6 Å². The molecule has 0 saturated carbocycles. The van der Waals surface area contributed by atoms with Crippen molar-refractivity contribution in [2.24, 2.45) is 0 Å². The van der Waals surface area contributed by atoms with Crippen LogP contribution in [0.4, 0.5) is 5.69 Å². The van der Waals surface area contributed by atoms with E-state index in [0.29, 0.717) is 18.7 Å². The second-order valence-corrected chi connectivity index (χ2v) is 10.5. The molecule has 1 aliphatic heterocycles. The Kier molecular flexibility index (Phi) is 6.90. The van der Waals surface area contributed by atoms with Gasteiger partial charge in [-0.25, -0.2) is 8.42 Å². The zero-order chi connectivity index (χ0) is 22.1. The standard InChI is InChI=1S/C23H29ClN2O3S/c1-16(2)26(21-14-17(3)8-9-18(21)4)23(27)19-10-11-20(24)22(15-19)30(28,29)25-12-6-5-7-13-25/h8-11,14-16H,5-7,12-13H2,1-4H3. The lowest BCUT2D eigenvalue weighted by Gasteiger charge is -2.29. The molecule has 0 spiro atoms. The van der Waals surface area contributed by atoms with E-state index < -0.39 is 10.0 Å². The number of anilines is 1. The highest BCUT2D eigenvalue weighted by Gasteiger charge is 2.30. The molecule has 2 aromatic rings. The summed E-state index contributed by atoms with van der Waals surface area (Å²) in [5, 5.41) is 0.139. The van der Waals surface area contributed by atoms with E-state index in [9.17, 15) is 13.2 Å². The van der Waals surface area contributed by atoms with Crippen molar-refractivity contribution in [2.45, 2.75) is 57.9 Å². The first kappa shape index (κ1) is 22.8. The molecule has 0 radical (unpaired) electrons. The number of aryl methyl sites for hydroxylation is 2. The molecule has 2 aromatic carbocycles. The van der Waals surface area contributed by atoms with E-state index in [-0.39, 0.29) is 21.9 Å². The molecular weight excluding hydrogens is 420 g/mol. The Labute approximate surface area is 184 Å². The van der Waals surface area contributed by atoms with Gasteiger partial charge in [0, 0.05) is 30.4 Å². The Bertz CT molecular complexity index is 1040. The number of rotatable bonds is 5. The van der Waals surface area contributed by atoms with Crippen LogP contribution >= 0.6 is 11.6 Å². The van der Waals surface area contributed by atoms with E-state index in [1.807, 2.05) is 45.9 Å². The third-order valence-corrected chi connectivity index (χ3v) is 7.85. The van der Waals surface area contributed by atoms with Gasteiger partial charge in [-0.3, -0.25) is 4.79 Å². The van der Waals surface area contributed by atoms with Gasteiger partial charge >= 0.3 is 0 Å². The Morgan fingerprint density at radius 2 is 1.70 bits per heavy atom. The van der Waals surface area contributed by atoms with Crippen LogP contribution in [0.2, 0.25) is 5.02 Å². The van der Waals surface area contributed by atoms with Gasteiger partial charge in [-0.15, -0.1) is 0 Å². The number of piperidine rings is 1. The smallest absolute Gasteiger partial charge is 0.258 e. The monoisotopic (exact) mass is 448 g/mol. The summed E-state index contributed by atoms with van der Waals surface area (Å²) in [6.45, 7) is 8.81.